The Balaban J connectivity index is 2.46. The van der Waals surface area contributed by atoms with Crippen molar-refractivity contribution in [2.24, 2.45) is 11.7 Å². The Labute approximate surface area is 63.3 Å². The molecule has 1 saturated carbocycles. The van der Waals surface area contributed by atoms with E-state index in [-0.39, 0.29) is 0 Å². The molecule has 0 heterocycles. The number of rotatable bonds is 0. The molecule has 1 rings (SSSR count). The SMILES string of the molecule is C=C1CCC(N)CCC1C. The zero-order valence-electron chi connectivity index (χ0n) is 6.77. The van der Waals surface area contributed by atoms with Crippen molar-refractivity contribution >= 4 is 0 Å². The van der Waals surface area contributed by atoms with Crippen LogP contribution in [-0.2, 0) is 0 Å². The van der Waals surface area contributed by atoms with E-state index in [2.05, 4.69) is 13.5 Å². The van der Waals surface area contributed by atoms with Crippen LogP contribution in [0.5, 0.6) is 0 Å². The fourth-order valence-corrected chi connectivity index (χ4v) is 1.43. The van der Waals surface area contributed by atoms with Gasteiger partial charge in [-0.3, -0.25) is 0 Å². The standard InChI is InChI=1S/C9H17N/c1-7-3-5-9(10)6-4-8(7)2/h8-9H,1,3-6,10H2,2H3. The summed E-state index contributed by atoms with van der Waals surface area (Å²) in [6.07, 6.45) is 4.70. The molecule has 0 amide bonds. The Bertz CT molecular complexity index is 129. The zero-order chi connectivity index (χ0) is 7.56. The molecule has 1 nitrogen and oxygen atoms in total. The maximum Gasteiger partial charge on any atom is 0.00420 e. The Hall–Kier alpha value is -0.300. The molecule has 0 spiro atoms. The number of hydrogen-bond acceptors (Lipinski definition) is 1. The predicted octanol–water partition coefficient (Wildman–Crippen LogP) is 2.08. The number of nitrogens with two attached hydrogens (primary N) is 1. The Morgan fingerprint density at radius 3 is 2.80 bits per heavy atom. The molecule has 2 atom stereocenters. The van der Waals surface area contributed by atoms with Crippen LogP contribution in [0.3, 0.4) is 0 Å². The van der Waals surface area contributed by atoms with Gasteiger partial charge in [-0.15, -0.1) is 0 Å². The van der Waals surface area contributed by atoms with E-state index in [0.29, 0.717) is 12.0 Å². The van der Waals surface area contributed by atoms with E-state index < -0.39 is 0 Å². The van der Waals surface area contributed by atoms with E-state index in [4.69, 9.17) is 5.73 Å². The predicted molar refractivity (Wildman–Crippen MR) is 44.7 cm³/mol. The minimum absolute atomic E-state index is 0.432. The first-order valence-electron chi connectivity index (χ1n) is 4.13. The van der Waals surface area contributed by atoms with Crippen LogP contribution in [0, 0.1) is 5.92 Å². The molecule has 2 N–H and O–H groups in total. The van der Waals surface area contributed by atoms with Crippen molar-refractivity contribution in [3.05, 3.63) is 12.2 Å². The van der Waals surface area contributed by atoms with Gasteiger partial charge in [-0.2, -0.15) is 0 Å². The summed E-state index contributed by atoms with van der Waals surface area (Å²) in [5.41, 5.74) is 7.21. The third-order valence-electron chi connectivity index (χ3n) is 2.50. The summed E-state index contributed by atoms with van der Waals surface area (Å²) in [4.78, 5) is 0. The van der Waals surface area contributed by atoms with Gasteiger partial charge >= 0.3 is 0 Å². The molecule has 58 valence electrons. The summed E-state index contributed by atoms with van der Waals surface area (Å²) < 4.78 is 0. The van der Waals surface area contributed by atoms with Gasteiger partial charge in [0, 0.05) is 6.04 Å². The molecule has 0 aromatic rings. The van der Waals surface area contributed by atoms with Crippen LogP contribution in [0.25, 0.3) is 0 Å². The second-order valence-electron chi connectivity index (χ2n) is 3.44. The first-order valence-corrected chi connectivity index (χ1v) is 4.13. The molecule has 2 unspecified atom stereocenters. The quantitative estimate of drug-likeness (QED) is 0.403. The lowest BCUT2D eigenvalue weighted by atomic mass is 9.98. The topological polar surface area (TPSA) is 26.0 Å². The summed E-state index contributed by atoms with van der Waals surface area (Å²) in [7, 11) is 0. The number of hydrogen-bond donors (Lipinski definition) is 1. The van der Waals surface area contributed by atoms with E-state index in [1.54, 1.807) is 0 Å². The van der Waals surface area contributed by atoms with Gasteiger partial charge in [0.2, 0.25) is 0 Å². The summed E-state index contributed by atoms with van der Waals surface area (Å²) in [5, 5.41) is 0. The maximum absolute atomic E-state index is 5.82. The molecule has 0 aromatic carbocycles. The average Bonchev–Trinajstić information content (AvgIpc) is 2.04. The lowest BCUT2D eigenvalue weighted by molar-refractivity contribution is 0.546. The maximum atomic E-state index is 5.82. The highest BCUT2D eigenvalue weighted by atomic mass is 14.6. The zero-order valence-corrected chi connectivity index (χ0v) is 6.77. The molecular formula is C9H17N. The van der Waals surface area contributed by atoms with Gasteiger partial charge in [-0.25, -0.2) is 0 Å². The van der Waals surface area contributed by atoms with Crippen molar-refractivity contribution in [2.45, 2.75) is 38.6 Å². The highest BCUT2D eigenvalue weighted by molar-refractivity contribution is 5.01. The summed E-state index contributed by atoms with van der Waals surface area (Å²) in [6.45, 7) is 6.28. The van der Waals surface area contributed by atoms with Crippen LogP contribution >= 0.6 is 0 Å². The van der Waals surface area contributed by atoms with Gasteiger partial charge in [0.05, 0.1) is 0 Å². The number of allylic oxidation sites excluding steroid dienone is 1. The van der Waals surface area contributed by atoms with Crippen molar-refractivity contribution in [1.29, 1.82) is 0 Å². The first-order chi connectivity index (χ1) is 4.70. The van der Waals surface area contributed by atoms with E-state index >= 15 is 0 Å². The van der Waals surface area contributed by atoms with Crippen LogP contribution in [0.1, 0.15) is 32.6 Å². The average molecular weight is 139 g/mol. The first kappa shape index (κ1) is 7.80. The smallest absolute Gasteiger partial charge is 0.00420 e. The van der Waals surface area contributed by atoms with Crippen LogP contribution in [0.15, 0.2) is 12.2 Å². The second kappa shape index (κ2) is 3.20. The van der Waals surface area contributed by atoms with Crippen molar-refractivity contribution in [2.75, 3.05) is 0 Å². The third-order valence-corrected chi connectivity index (χ3v) is 2.50. The summed E-state index contributed by atoms with van der Waals surface area (Å²) in [5.74, 6) is 0.702. The van der Waals surface area contributed by atoms with Gasteiger partial charge < -0.3 is 5.73 Å². The van der Waals surface area contributed by atoms with E-state index in [1.807, 2.05) is 0 Å². The monoisotopic (exact) mass is 139 g/mol. The fraction of sp³-hybridized carbons (Fsp3) is 0.778. The minimum Gasteiger partial charge on any atom is -0.328 e. The van der Waals surface area contributed by atoms with Gasteiger partial charge in [-0.05, 0) is 31.6 Å². The van der Waals surface area contributed by atoms with Gasteiger partial charge in [0.1, 0.15) is 0 Å². The van der Waals surface area contributed by atoms with Crippen molar-refractivity contribution < 1.29 is 0 Å². The lowest BCUT2D eigenvalue weighted by Gasteiger charge is -2.08. The largest absolute Gasteiger partial charge is 0.328 e. The molecule has 0 radical (unpaired) electrons. The molecular weight excluding hydrogens is 122 g/mol. The van der Waals surface area contributed by atoms with Crippen molar-refractivity contribution in [3.8, 4) is 0 Å². The molecule has 0 aliphatic heterocycles. The highest BCUT2D eigenvalue weighted by Gasteiger charge is 2.14. The van der Waals surface area contributed by atoms with Crippen molar-refractivity contribution in [1.82, 2.24) is 0 Å². The third kappa shape index (κ3) is 1.84. The molecule has 1 aliphatic carbocycles. The van der Waals surface area contributed by atoms with Gasteiger partial charge in [0.15, 0.2) is 0 Å². The summed E-state index contributed by atoms with van der Waals surface area (Å²) >= 11 is 0. The van der Waals surface area contributed by atoms with E-state index in [1.165, 1.54) is 18.4 Å². The van der Waals surface area contributed by atoms with Crippen LogP contribution in [0.2, 0.25) is 0 Å². The Kier molecular flexibility index (Phi) is 2.50. The molecule has 1 fully saturated rings. The normalized spacial score (nSPS) is 35.6. The Morgan fingerprint density at radius 1 is 1.40 bits per heavy atom. The molecule has 0 saturated heterocycles. The minimum atomic E-state index is 0.432. The molecule has 0 bridgehead atoms. The van der Waals surface area contributed by atoms with Crippen LogP contribution in [0.4, 0.5) is 0 Å². The van der Waals surface area contributed by atoms with E-state index in [9.17, 15) is 0 Å². The molecule has 1 aliphatic rings. The summed E-state index contributed by atoms with van der Waals surface area (Å²) in [6, 6.07) is 0.432. The van der Waals surface area contributed by atoms with Gasteiger partial charge in [-0.1, -0.05) is 19.1 Å². The van der Waals surface area contributed by atoms with Crippen LogP contribution in [-0.4, -0.2) is 6.04 Å². The van der Waals surface area contributed by atoms with Crippen LogP contribution < -0.4 is 5.73 Å². The fourth-order valence-electron chi connectivity index (χ4n) is 1.43. The van der Waals surface area contributed by atoms with Crippen molar-refractivity contribution in [3.63, 3.8) is 0 Å². The Morgan fingerprint density at radius 2 is 2.10 bits per heavy atom. The van der Waals surface area contributed by atoms with Gasteiger partial charge in [0.25, 0.3) is 0 Å². The second-order valence-corrected chi connectivity index (χ2v) is 3.44. The molecule has 10 heavy (non-hydrogen) atoms. The van der Waals surface area contributed by atoms with E-state index in [0.717, 1.165) is 12.8 Å². The highest BCUT2D eigenvalue weighted by Crippen LogP contribution is 2.25. The molecule has 1 heteroatoms. The lowest BCUT2D eigenvalue weighted by Crippen LogP contribution is -2.17. The molecule has 0 aromatic heterocycles.